The van der Waals surface area contributed by atoms with Crippen LogP contribution in [0.2, 0.25) is 0 Å². The molecule has 0 saturated heterocycles. The zero-order valence-corrected chi connectivity index (χ0v) is 27.5. The first kappa shape index (κ1) is 39.5. The number of benzene rings is 2. The van der Waals surface area contributed by atoms with Crippen molar-refractivity contribution in [2.45, 2.75) is 69.8 Å². The van der Waals surface area contributed by atoms with Crippen LogP contribution in [0.5, 0.6) is 0 Å². The Bertz CT molecular complexity index is 1460. The van der Waals surface area contributed by atoms with Crippen LogP contribution in [0.25, 0.3) is 0 Å². The van der Waals surface area contributed by atoms with Crippen LogP contribution in [0.15, 0.2) is 64.6 Å². The second-order valence-corrected chi connectivity index (χ2v) is 11.3. The van der Waals surface area contributed by atoms with Gasteiger partial charge in [0.1, 0.15) is 24.0 Å². The van der Waals surface area contributed by atoms with E-state index in [1.807, 2.05) is 6.07 Å². The number of carbonyl (C=O) groups is 4. The Morgan fingerprint density at radius 3 is 1.80 bits per heavy atom. The summed E-state index contributed by atoms with van der Waals surface area (Å²) in [7, 11) is 0. The highest BCUT2D eigenvalue weighted by Crippen LogP contribution is 2.08. The van der Waals surface area contributed by atoms with Gasteiger partial charge in [-0.15, -0.1) is 0 Å². The Morgan fingerprint density at radius 2 is 1.29 bits per heavy atom. The second kappa shape index (κ2) is 20.5. The largest absolute Gasteiger partial charge is 0.391 e. The van der Waals surface area contributed by atoms with Crippen molar-refractivity contribution in [1.29, 1.82) is 5.41 Å². The average Bonchev–Trinajstić information content (AvgIpc) is 3.05. The molecule has 17 heteroatoms. The number of amidine groups is 1. The minimum atomic E-state index is -1.48. The van der Waals surface area contributed by atoms with Crippen molar-refractivity contribution in [3.63, 3.8) is 0 Å². The average molecular weight is 681 g/mol. The first-order valence-electron chi connectivity index (χ1n) is 15.7. The molecule has 0 unspecified atom stereocenters. The van der Waals surface area contributed by atoms with E-state index in [9.17, 15) is 24.3 Å². The van der Waals surface area contributed by atoms with Crippen molar-refractivity contribution in [2.24, 2.45) is 38.7 Å². The third-order valence-corrected chi connectivity index (χ3v) is 7.18. The lowest BCUT2D eigenvalue weighted by Crippen LogP contribution is -2.59. The number of aliphatic hydroxyl groups is 1. The summed E-state index contributed by atoms with van der Waals surface area (Å²) in [6.45, 7) is 1.80. The van der Waals surface area contributed by atoms with Crippen LogP contribution in [0, 0.1) is 5.41 Å². The van der Waals surface area contributed by atoms with Crippen molar-refractivity contribution >= 4 is 41.4 Å². The maximum absolute atomic E-state index is 13.5. The Morgan fingerprint density at radius 1 is 0.735 bits per heavy atom. The molecule has 0 bridgehead atoms. The van der Waals surface area contributed by atoms with E-state index in [0.717, 1.165) is 11.1 Å². The van der Waals surface area contributed by atoms with Gasteiger partial charge in [0, 0.05) is 25.2 Å². The van der Waals surface area contributed by atoms with Crippen molar-refractivity contribution in [3.05, 3.63) is 71.3 Å². The van der Waals surface area contributed by atoms with Crippen molar-refractivity contribution in [2.75, 3.05) is 13.1 Å². The number of rotatable bonds is 20. The molecule has 49 heavy (non-hydrogen) atoms. The highest BCUT2D eigenvalue weighted by atomic mass is 16.3. The fourth-order valence-corrected chi connectivity index (χ4v) is 4.61. The van der Waals surface area contributed by atoms with E-state index in [-0.39, 0.29) is 56.7 Å². The summed E-state index contributed by atoms with van der Waals surface area (Å²) in [5.41, 5.74) is 29.1. The third-order valence-electron chi connectivity index (χ3n) is 7.18. The fourth-order valence-electron chi connectivity index (χ4n) is 4.61. The first-order valence-corrected chi connectivity index (χ1v) is 15.7. The van der Waals surface area contributed by atoms with Gasteiger partial charge in [-0.2, -0.15) is 0 Å². The number of aliphatic hydroxyl groups excluding tert-OH is 1. The van der Waals surface area contributed by atoms with Gasteiger partial charge in [-0.1, -0.05) is 54.6 Å². The molecule has 17 nitrogen and oxygen atoms in total. The van der Waals surface area contributed by atoms with E-state index in [0.29, 0.717) is 18.4 Å². The number of nitrogen functional groups attached to an aromatic ring is 1. The molecule has 0 radical (unpaired) electrons. The van der Waals surface area contributed by atoms with E-state index in [1.54, 1.807) is 48.5 Å². The molecule has 2 aromatic carbocycles. The molecule has 2 aromatic rings. The molecule has 16 N–H and O–H groups in total. The zero-order chi connectivity index (χ0) is 36.3. The Hall–Kier alpha value is -5.71. The Balaban J connectivity index is 2.17. The van der Waals surface area contributed by atoms with Crippen LogP contribution in [-0.2, 0) is 32.1 Å². The molecular weight excluding hydrogens is 632 g/mol. The molecule has 4 amide bonds. The van der Waals surface area contributed by atoms with Crippen LogP contribution in [0.3, 0.4) is 0 Å². The molecule has 0 aromatic heterocycles. The lowest BCUT2D eigenvalue weighted by Gasteiger charge is -2.27. The molecule has 266 valence electrons. The van der Waals surface area contributed by atoms with Gasteiger partial charge in [-0.3, -0.25) is 34.6 Å². The number of nitrogens with zero attached hydrogens (tertiary/aromatic N) is 2. The molecule has 0 saturated carbocycles. The summed E-state index contributed by atoms with van der Waals surface area (Å²) >= 11 is 0. The summed E-state index contributed by atoms with van der Waals surface area (Å²) in [4.78, 5) is 60.8. The van der Waals surface area contributed by atoms with Gasteiger partial charge in [0.15, 0.2) is 11.9 Å². The maximum Gasteiger partial charge on any atom is 0.245 e. The number of amides is 4. The lowest BCUT2D eigenvalue weighted by molar-refractivity contribution is -0.135. The van der Waals surface area contributed by atoms with Crippen LogP contribution in [0.1, 0.15) is 49.3 Å². The minimum Gasteiger partial charge on any atom is -0.391 e. The fraction of sp³-hybridized carbons (Fsp3) is 0.406. The smallest absolute Gasteiger partial charge is 0.245 e. The monoisotopic (exact) mass is 680 g/mol. The van der Waals surface area contributed by atoms with E-state index in [1.165, 1.54) is 6.92 Å². The molecule has 4 atom stereocenters. The van der Waals surface area contributed by atoms with E-state index in [4.69, 9.17) is 34.1 Å². The molecule has 0 aliphatic carbocycles. The SMILES string of the molecule is C[C@@H](O)[C@H](NC(=O)[C@H](CCCN=C(N)N)NC(=O)Cc1ccccc1)C(=O)N[C@@H](CCCN=C(N)N)C(=O)NCc1ccc(C(=N)N)cc1. The summed E-state index contributed by atoms with van der Waals surface area (Å²) in [6.07, 6.45) is -0.474. The summed E-state index contributed by atoms with van der Waals surface area (Å²) in [6, 6.07) is 12.0. The normalized spacial score (nSPS) is 13.0. The predicted octanol–water partition coefficient (Wildman–Crippen LogP) is -2.23. The second-order valence-electron chi connectivity index (χ2n) is 11.3. The maximum atomic E-state index is 13.5. The van der Waals surface area contributed by atoms with Gasteiger partial charge >= 0.3 is 0 Å². The number of aliphatic imine (C=N–C) groups is 2. The Kier molecular flexibility index (Phi) is 16.5. The highest BCUT2D eigenvalue weighted by molar-refractivity contribution is 5.95. The minimum absolute atomic E-state index is 0.0103. The molecule has 0 fully saturated rings. The number of nitrogens with one attached hydrogen (secondary N) is 5. The quantitative estimate of drug-likeness (QED) is 0.0406. The molecule has 0 aliphatic heterocycles. The molecule has 2 rings (SSSR count). The van der Waals surface area contributed by atoms with Gasteiger partial charge in [-0.05, 0) is 43.7 Å². The topological polar surface area (TPSA) is 315 Å². The van der Waals surface area contributed by atoms with Crippen LogP contribution in [0.4, 0.5) is 0 Å². The van der Waals surface area contributed by atoms with Gasteiger partial charge in [0.05, 0.1) is 12.5 Å². The molecule has 0 spiro atoms. The zero-order valence-electron chi connectivity index (χ0n) is 27.5. The number of nitrogens with two attached hydrogens (primary N) is 5. The summed E-state index contributed by atoms with van der Waals surface area (Å²) in [5, 5.41) is 28.6. The van der Waals surface area contributed by atoms with Crippen LogP contribution < -0.4 is 49.9 Å². The van der Waals surface area contributed by atoms with E-state index < -0.39 is 47.9 Å². The number of guanidine groups is 2. The number of carbonyl (C=O) groups excluding carboxylic acids is 4. The first-order chi connectivity index (χ1) is 23.3. The van der Waals surface area contributed by atoms with Crippen LogP contribution in [-0.4, -0.2) is 83.8 Å². The van der Waals surface area contributed by atoms with Crippen molar-refractivity contribution in [3.8, 4) is 0 Å². The highest BCUT2D eigenvalue weighted by Gasteiger charge is 2.32. The molecule has 0 heterocycles. The standard InChI is InChI=1S/C32H48N12O5/c1-19(45)26(44-29(48)24(10-6-16-40-32(37)38)42-25(46)17-20-7-3-2-4-8-20)30(49)43-23(9-5-15-39-31(35)36)28(47)41-18-21-11-13-22(14-12-21)27(33)34/h2-4,7-8,11-14,19,23-24,26,45H,5-6,9-10,15-18H2,1H3,(H3,33,34)(H,41,47)(H,42,46)(H,43,49)(H,44,48)(H4,35,36,39)(H4,37,38,40)/t19-,23+,24+,26+/m1/s1. The summed E-state index contributed by atoms with van der Waals surface area (Å²) < 4.78 is 0. The summed E-state index contributed by atoms with van der Waals surface area (Å²) in [5.74, 6) is -2.86. The van der Waals surface area contributed by atoms with Gasteiger partial charge in [0.2, 0.25) is 23.6 Å². The van der Waals surface area contributed by atoms with E-state index in [2.05, 4.69) is 31.3 Å². The van der Waals surface area contributed by atoms with Crippen molar-refractivity contribution < 1.29 is 24.3 Å². The van der Waals surface area contributed by atoms with Gasteiger partial charge in [-0.25, -0.2) is 0 Å². The molecular formula is C32H48N12O5. The van der Waals surface area contributed by atoms with Gasteiger partial charge < -0.3 is 55.0 Å². The lowest BCUT2D eigenvalue weighted by atomic mass is 10.1. The van der Waals surface area contributed by atoms with Crippen molar-refractivity contribution in [1.82, 2.24) is 21.3 Å². The third kappa shape index (κ3) is 15.2. The van der Waals surface area contributed by atoms with E-state index >= 15 is 0 Å². The Labute approximate surface area is 285 Å². The predicted molar refractivity (Wildman–Crippen MR) is 187 cm³/mol. The van der Waals surface area contributed by atoms with Crippen LogP contribution >= 0.6 is 0 Å². The number of hydrogen-bond donors (Lipinski definition) is 11. The van der Waals surface area contributed by atoms with Gasteiger partial charge in [0.25, 0.3) is 0 Å². The molecule has 0 aliphatic rings. The number of hydrogen-bond acceptors (Lipinski definition) is 8.